The normalized spacial score (nSPS) is 15.1. The van der Waals surface area contributed by atoms with Crippen LogP contribution in [-0.2, 0) is 19.3 Å². The molecule has 0 saturated heterocycles. The molecule has 0 aliphatic rings. The summed E-state index contributed by atoms with van der Waals surface area (Å²) in [5.41, 5.74) is 0. The van der Waals surface area contributed by atoms with Gasteiger partial charge in [-0.1, -0.05) is 0 Å². The molecule has 5 nitrogen and oxygen atoms in total. The minimum Gasteiger partial charge on any atom is -0.328 e. The van der Waals surface area contributed by atoms with Crippen molar-refractivity contribution >= 4 is 16.3 Å². The molecule has 0 bridgehead atoms. The van der Waals surface area contributed by atoms with Gasteiger partial charge in [-0.15, -0.1) is 0 Å². The van der Waals surface area contributed by atoms with Crippen LogP contribution in [0.3, 0.4) is 0 Å². The molecular weight excluding hydrogens is 341 g/mol. The van der Waals surface area contributed by atoms with Crippen LogP contribution in [0.25, 0.3) is 0 Å². The Hall–Kier alpha value is -1.25. The highest BCUT2D eigenvalue weighted by molar-refractivity contribution is 7.84. The van der Waals surface area contributed by atoms with Crippen LogP contribution in [0.5, 0.6) is 0 Å². The highest BCUT2D eigenvalue weighted by atomic mass is 32.2. The van der Waals surface area contributed by atoms with Crippen molar-refractivity contribution in [3.05, 3.63) is 0 Å². The fraction of sp³-hybridized carbons (Fsp3) is 0.800. The van der Waals surface area contributed by atoms with Gasteiger partial charge in [0.05, 0.1) is 0 Å². The zero-order chi connectivity index (χ0) is 16.8. The molecule has 0 fully saturated rings. The van der Waals surface area contributed by atoms with Gasteiger partial charge < -0.3 is 4.18 Å². The molecule has 0 amide bonds. The van der Waals surface area contributed by atoms with Gasteiger partial charge in [0.2, 0.25) is 0 Å². The van der Waals surface area contributed by atoms with E-state index < -0.39 is 40.2 Å². The zero-order valence-electron chi connectivity index (χ0n) is 8.52. The van der Waals surface area contributed by atoms with E-state index in [2.05, 4.69) is 9.32 Å². The van der Waals surface area contributed by atoms with Gasteiger partial charge in [0.1, 0.15) is 0 Å². The first-order chi connectivity index (χ1) is 8.38. The Balaban J connectivity index is 5.76. The van der Waals surface area contributed by atoms with E-state index in [0.29, 0.717) is 0 Å². The average Bonchev–Trinajstić information content (AvgIpc) is 2.12. The summed E-state index contributed by atoms with van der Waals surface area (Å²) in [5, 5.41) is 3.81. The van der Waals surface area contributed by atoms with Crippen molar-refractivity contribution in [1.82, 2.24) is 0 Å². The molecule has 0 spiro atoms. The van der Waals surface area contributed by atoms with Crippen molar-refractivity contribution in [3.8, 4) is 0 Å². The second-order valence-electron chi connectivity index (χ2n) is 3.08. The summed E-state index contributed by atoms with van der Waals surface area (Å²) >= 11 is 0. The predicted octanol–water partition coefficient (Wildman–Crippen LogP) is 1.20. The maximum Gasteiger partial charge on any atom is 0.460 e. The van der Waals surface area contributed by atoms with E-state index in [0.717, 1.165) is 0 Å². The van der Waals surface area contributed by atoms with Crippen molar-refractivity contribution in [2.24, 2.45) is 5.14 Å². The van der Waals surface area contributed by atoms with Gasteiger partial charge in [-0.25, -0.2) is 4.79 Å². The highest BCUT2D eigenvalue weighted by Crippen LogP contribution is 2.53. The van der Waals surface area contributed by atoms with E-state index >= 15 is 0 Å². The van der Waals surface area contributed by atoms with Gasteiger partial charge in [0, 0.05) is 0 Å². The molecule has 0 radical (unpaired) electrons. The number of carbonyl (C=O) groups excluding carboxylic acids is 1. The summed E-state index contributed by atoms with van der Waals surface area (Å²) in [7, 11) is -5.64. The largest absolute Gasteiger partial charge is 0.460 e. The van der Waals surface area contributed by atoms with Crippen LogP contribution < -0.4 is 5.14 Å². The molecule has 2 N–H and O–H groups in total. The second-order valence-corrected chi connectivity index (χ2v) is 4.24. The third-order valence-electron chi connectivity index (χ3n) is 1.59. The van der Waals surface area contributed by atoms with Gasteiger partial charge >= 0.3 is 40.2 Å². The van der Waals surface area contributed by atoms with E-state index in [1.807, 2.05) is 0 Å². The maximum atomic E-state index is 12.6. The summed E-state index contributed by atoms with van der Waals surface area (Å²) in [6.07, 6.45) is -7.15. The Bertz CT molecular complexity index is 495. The molecule has 0 aliphatic heterocycles. The molecule has 0 atom stereocenters. The summed E-state index contributed by atoms with van der Waals surface area (Å²) in [6, 6.07) is 0. The lowest BCUT2D eigenvalue weighted by atomic mass is 10.0. The minimum atomic E-state index is -7.35. The van der Waals surface area contributed by atoms with Gasteiger partial charge in [-0.05, 0) is 0 Å². The molecule has 0 rings (SSSR count). The van der Waals surface area contributed by atoms with Crippen molar-refractivity contribution in [1.29, 1.82) is 0 Å². The number of halogens is 9. The van der Waals surface area contributed by atoms with E-state index in [1.165, 1.54) is 0 Å². The first-order valence-corrected chi connectivity index (χ1v) is 5.32. The lowest BCUT2D eigenvalue weighted by Gasteiger charge is -2.31. The molecule has 120 valence electrons. The Kier molecular flexibility index (Phi) is 4.35. The molecule has 15 heteroatoms. The first-order valence-electron chi connectivity index (χ1n) is 3.84. The first kappa shape index (κ1) is 18.8. The summed E-state index contributed by atoms with van der Waals surface area (Å²) < 4.78 is 132. The molecular formula is C5H2F9NO4S. The van der Waals surface area contributed by atoms with Gasteiger partial charge in [0.25, 0.3) is 0 Å². The van der Waals surface area contributed by atoms with Crippen LogP contribution in [-0.4, -0.2) is 38.3 Å². The van der Waals surface area contributed by atoms with Crippen LogP contribution in [0, 0.1) is 0 Å². The molecule has 0 saturated carbocycles. The summed E-state index contributed by atoms with van der Waals surface area (Å²) in [5.74, 6) is -25.4. The Morgan fingerprint density at radius 3 is 1.45 bits per heavy atom. The van der Waals surface area contributed by atoms with Crippen LogP contribution in [0.15, 0.2) is 0 Å². The summed E-state index contributed by atoms with van der Waals surface area (Å²) in [6.45, 7) is 0. The molecule has 0 aromatic carbocycles. The lowest BCUT2D eigenvalue weighted by molar-refractivity contribution is -0.390. The number of carbonyl (C=O) groups is 1. The molecule has 0 aromatic heterocycles. The number of hydrogen-bond acceptors (Lipinski definition) is 4. The number of rotatable bonds is 4. The Labute approximate surface area is 103 Å². The quantitative estimate of drug-likeness (QED) is 0.777. The number of nitrogens with two attached hydrogens (primary N) is 1. The van der Waals surface area contributed by atoms with Crippen LogP contribution in [0.1, 0.15) is 0 Å². The highest BCUT2D eigenvalue weighted by Gasteiger charge is 2.84. The summed E-state index contributed by atoms with van der Waals surface area (Å²) in [4.78, 5) is 10.3. The van der Waals surface area contributed by atoms with Crippen molar-refractivity contribution < 1.29 is 56.9 Å². The smallest absolute Gasteiger partial charge is 0.328 e. The fourth-order valence-corrected chi connectivity index (χ4v) is 0.977. The van der Waals surface area contributed by atoms with E-state index in [4.69, 9.17) is 0 Å². The van der Waals surface area contributed by atoms with E-state index in [1.54, 1.807) is 0 Å². The fourth-order valence-electron chi connectivity index (χ4n) is 0.661. The second kappa shape index (κ2) is 4.64. The van der Waals surface area contributed by atoms with Crippen molar-refractivity contribution in [2.45, 2.75) is 23.9 Å². The Morgan fingerprint density at radius 2 is 1.20 bits per heavy atom. The van der Waals surface area contributed by atoms with E-state index in [-0.39, 0.29) is 0 Å². The number of hydrogen-bond donors (Lipinski definition) is 1. The molecule has 0 aromatic rings. The average molecular weight is 343 g/mol. The monoisotopic (exact) mass is 343 g/mol. The van der Waals surface area contributed by atoms with Crippen LogP contribution in [0.2, 0.25) is 0 Å². The van der Waals surface area contributed by atoms with Crippen molar-refractivity contribution in [2.75, 3.05) is 0 Å². The maximum absolute atomic E-state index is 12.6. The molecule has 0 heterocycles. The van der Waals surface area contributed by atoms with Crippen LogP contribution >= 0.6 is 0 Å². The lowest BCUT2D eigenvalue weighted by Crippen LogP contribution is -2.63. The molecule has 0 unspecified atom stereocenters. The topological polar surface area (TPSA) is 86.5 Å². The third-order valence-corrected chi connectivity index (χ3v) is 1.98. The van der Waals surface area contributed by atoms with Gasteiger partial charge in [-0.3, -0.25) is 0 Å². The van der Waals surface area contributed by atoms with E-state index in [9.17, 15) is 52.7 Å². The SMILES string of the molecule is NS(=O)(=O)OC(=O)C(F)(F)C(F)(F)C(F)(F)C(F)(F)F. The molecule has 0 aliphatic carbocycles. The molecule has 20 heavy (non-hydrogen) atoms. The van der Waals surface area contributed by atoms with Crippen LogP contribution in [0.4, 0.5) is 39.5 Å². The minimum absolute atomic E-state index is 2.48. The Morgan fingerprint density at radius 1 is 0.850 bits per heavy atom. The zero-order valence-corrected chi connectivity index (χ0v) is 9.34. The third kappa shape index (κ3) is 3.08. The number of alkyl halides is 9. The predicted molar refractivity (Wildman–Crippen MR) is 40.1 cm³/mol. The van der Waals surface area contributed by atoms with Crippen molar-refractivity contribution in [3.63, 3.8) is 0 Å². The van der Waals surface area contributed by atoms with Gasteiger partial charge in [0.15, 0.2) is 0 Å². The van der Waals surface area contributed by atoms with Gasteiger partial charge in [-0.2, -0.15) is 53.1 Å². The standard InChI is InChI=1S/C5H2F9NO4S/c6-2(7,1(16)19-20(15,17)18)3(8,9)4(10,11)5(12,13)14/h(H2,15,17,18).